The molecule has 1 aromatic carbocycles. The smallest absolute Gasteiger partial charge is 0.115 e. The summed E-state index contributed by atoms with van der Waals surface area (Å²) in [4.78, 5) is 0. The van der Waals surface area contributed by atoms with E-state index in [0.717, 1.165) is 12.2 Å². The molecule has 2 N–H and O–H groups in total. The number of thioether (sulfide) groups is 1. The molecule has 0 saturated carbocycles. The molecule has 1 atom stereocenters. The summed E-state index contributed by atoms with van der Waals surface area (Å²) in [6.07, 6.45) is 2.20. The Morgan fingerprint density at radius 1 is 1.44 bits per heavy atom. The van der Waals surface area contributed by atoms with Crippen molar-refractivity contribution in [2.45, 2.75) is 25.8 Å². The first-order valence-electron chi connectivity index (χ1n) is 5.79. The maximum Gasteiger partial charge on any atom is 0.115 e. The lowest BCUT2D eigenvalue weighted by atomic mass is 10.1. The van der Waals surface area contributed by atoms with Gasteiger partial charge in [-0.1, -0.05) is 19.1 Å². The van der Waals surface area contributed by atoms with Crippen molar-refractivity contribution in [3.8, 4) is 5.75 Å². The summed E-state index contributed by atoms with van der Waals surface area (Å²) in [7, 11) is 2.00. The molecular weight excluding hydrogens is 218 g/mol. The number of likely N-dealkylation sites (N-methyl/N-ethyl adjacent to an activating group) is 1. The van der Waals surface area contributed by atoms with Gasteiger partial charge in [-0.3, -0.25) is 0 Å². The van der Waals surface area contributed by atoms with E-state index in [-0.39, 0.29) is 0 Å². The molecule has 0 bridgehead atoms. The summed E-state index contributed by atoms with van der Waals surface area (Å²) >= 11 is 1.98. The molecule has 0 aliphatic heterocycles. The van der Waals surface area contributed by atoms with Crippen molar-refractivity contribution in [2.24, 2.45) is 0 Å². The average Bonchev–Trinajstić information content (AvgIpc) is 2.28. The number of phenolic OH excluding ortho intramolecular Hbond substituents is 1. The molecule has 16 heavy (non-hydrogen) atoms. The first kappa shape index (κ1) is 13.4. The van der Waals surface area contributed by atoms with Gasteiger partial charge < -0.3 is 10.4 Å². The SMILES string of the molecule is CCCSCC(Cc1cccc(O)c1)NC. The summed E-state index contributed by atoms with van der Waals surface area (Å²) in [5.74, 6) is 2.70. The van der Waals surface area contributed by atoms with E-state index in [4.69, 9.17) is 0 Å². The van der Waals surface area contributed by atoms with Crippen molar-refractivity contribution >= 4 is 11.8 Å². The third-order valence-electron chi connectivity index (χ3n) is 2.47. The maximum atomic E-state index is 9.39. The lowest BCUT2D eigenvalue weighted by Gasteiger charge is -2.15. The molecule has 0 radical (unpaired) electrons. The Morgan fingerprint density at radius 2 is 2.25 bits per heavy atom. The van der Waals surface area contributed by atoms with Crippen molar-refractivity contribution < 1.29 is 5.11 Å². The van der Waals surface area contributed by atoms with Gasteiger partial charge in [0.25, 0.3) is 0 Å². The van der Waals surface area contributed by atoms with Gasteiger partial charge >= 0.3 is 0 Å². The molecule has 1 rings (SSSR count). The van der Waals surface area contributed by atoms with Crippen LogP contribution in [0.3, 0.4) is 0 Å². The van der Waals surface area contributed by atoms with Crippen molar-refractivity contribution in [3.05, 3.63) is 29.8 Å². The van der Waals surface area contributed by atoms with Crippen LogP contribution in [0, 0.1) is 0 Å². The number of nitrogens with one attached hydrogen (secondary N) is 1. The van der Waals surface area contributed by atoms with Gasteiger partial charge in [-0.2, -0.15) is 11.8 Å². The zero-order valence-corrected chi connectivity index (χ0v) is 10.9. The molecule has 1 unspecified atom stereocenters. The van der Waals surface area contributed by atoms with Crippen molar-refractivity contribution in [1.82, 2.24) is 5.32 Å². The minimum atomic E-state index is 0.355. The fourth-order valence-electron chi connectivity index (χ4n) is 1.58. The van der Waals surface area contributed by atoms with Crippen LogP contribution in [0.25, 0.3) is 0 Å². The summed E-state index contributed by atoms with van der Waals surface area (Å²) in [5.41, 5.74) is 1.19. The van der Waals surface area contributed by atoms with Gasteiger partial charge in [0.15, 0.2) is 0 Å². The molecule has 0 spiro atoms. The van der Waals surface area contributed by atoms with Crippen LogP contribution in [-0.2, 0) is 6.42 Å². The Bertz CT molecular complexity index is 304. The maximum absolute atomic E-state index is 9.39. The third-order valence-corrected chi connectivity index (χ3v) is 3.80. The molecule has 0 heterocycles. The number of aromatic hydroxyl groups is 1. The summed E-state index contributed by atoms with van der Waals surface area (Å²) in [6.45, 7) is 2.20. The van der Waals surface area contributed by atoms with E-state index in [1.54, 1.807) is 6.07 Å². The molecule has 3 heteroatoms. The van der Waals surface area contributed by atoms with E-state index >= 15 is 0 Å². The number of hydrogen-bond donors (Lipinski definition) is 2. The summed E-state index contributed by atoms with van der Waals surface area (Å²) in [5, 5.41) is 12.7. The molecule has 0 fully saturated rings. The van der Waals surface area contributed by atoms with E-state index in [1.807, 2.05) is 30.9 Å². The standard InChI is InChI=1S/C13H21NOS/c1-3-7-16-10-12(14-2)8-11-5-4-6-13(15)9-11/h4-6,9,12,14-15H,3,7-8,10H2,1-2H3. The lowest BCUT2D eigenvalue weighted by molar-refractivity contribution is 0.474. The quantitative estimate of drug-likeness (QED) is 0.718. The van der Waals surface area contributed by atoms with Crippen LogP contribution in [0.4, 0.5) is 0 Å². The van der Waals surface area contributed by atoms with Crippen LogP contribution in [-0.4, -0.2) is 29.7 Å². The molecule has 0 amide bonds. The predicted octanol–water partition coefficient (Wildman–Crippen LogP) is 2.67. The number of rotatable bonds is 7. The minimum absolute atomic E-state index is 0.355. The second-order valence-electron chi connectivity index (χ2n) is 3.93. The Kier molecular flexibility index (Phi) is 6.34. The van der Waals surface area contributed by atoms with Crippen molar-refractivity contribution in [1.29, 1.82) is 0 Å². The summed E-state index contributed by atoms with van der Waals surface area (Å²) < 4.78 is 0. The molecule has 2 nitrogen and oxygen atoms in total. The highest BCUT2D eigenvalue weighted by Gasteiger charge is 2.07. The summed E-state index contributed by atoms with van der Waals surface area (Å²) in [6, 6.07) is 8.00. The van der Waals surface area contributed by atoms with Gasteiger partial charge in [0.1, 0.15) is 5.75 Å². The van der Waals surface area contributed by atoms with Crippen molar-refractivity contribution in [3.63, 3.8) is 0 Å². The van der Waals surface area contributed by atoms with Gasteiger partial charge in [0, 0.05) is 11.8 Å². The molecule has 0 aliphatic rings. The topological polar surface area (TPSA) is 32.3 Å². The highest BCUT2D eigenvalue weighted by Crippen LogP contribution is 2.14. The average molecular weight is 239 g/mol. The van der Waals surface area contributed by atoms with E-state index < -0.39 is 0 Å². The predicted molar refractivity (Wildman–Crippen MR) is 72.3 cm³/mol. The second-order valence-corrected chi connectivity index (χ2v) is 5.08. The van der Waals surface area contributed by atoms with Gasteiger partial charge in [-0.25, -0.2) is 0 Å². The van der Waals surface area contributed by atoms with Gasteiger partial charge in [-0.15, -0.1) is 0 Å². The van der Waals surface area contributed by atoms with Crippen LogP contribution in [0.15, 0.2) is 24.3 Å². The van der Waals surface area contributed by atoms with E-state index in [0.29, 0.717) is 11.8 Å². The van der Waals surface area contributed by atoms with Crippen LogP contribution in [0.2, 0.25) is 0 Å². The lowest BCUT2D eigenvalue weighted by Crippen LogP contribution is -2.30. The zero-order valence-electron chi connectivity index (χ0n) is 10.1. The van der Waals surface area contributed by atoms with E-state index in [2.05, 4.69) is 18.3 Å². The Morgan fingerprint density at radius 3 is 2.88 bits per heavy atom. The van der Waals surface area contributed by atoms with Crippen molar-refractivity contribution in [2.75, 3.05) is 18.6 Å². The normalized spacial score (nSPS) is 12.6. The molecule has 0 aliphatic carbocycles. The monoisotopic (exact) mass is 239 g/mol. The molecule has 0 saturated heterocycles. The third kappa shape index (κ3) is 4.90. The van der Waals surface area contributed by atoms with Gasteiger partial charge in [0.05, 0.1) is 0 Å². The van der Waals surface area contributed by atoms with Gasteiger partial charge in [-0.05, 0) is 43.3 Å². The first-order valence-corrected chi connectivity index (χ1v) is 6.94. The highest BCUT2D eigenvalue weighted by molar-refractivity contribution is 7.99. The fraction of sp³-hybridized carbons (Fsp3) is 0.538. The second kappa shape index (κ2) is 7.58. The Hall–Kier alpha value is -0.670. The Balaban J connectivity index is 2.43. The van der Waals surface area contributed by atoms with E-state index in [1.165, 1.54) is 17.7 Å². The molecular formula is C13H21NOS. The fourth-order valence-corrected chi connectivity index (χ4v) is 2.61. The first-order chi connectivity index (χ1) is 7.76. The number of phenols is 1. The highest BCUT2D eigenvalue weighted by atomic mass is 32.2. The molecule has 1 aromatic rings. The zero-order chi connectivity index (χ0) is 11.8. The van der Waals surface area contributed by atoms with Gasteiger partial charge in [0.2, 0.25) is 0 Å². The minimum Gasteiger partial charge on any atom is -0.508 e. The van der Waals surface area contributed by atoms with Crippen LogP contribution < -0.4 is 5.32 Å². The largest absolute Gasteiger partial charge is 0.508 e. The van der Waals surface area contributed by atoms with Crippen LogP contribution in [0.5, 0.6) is 5.75 Å². The molecule has 0 aromatic heterocycles. The van der Waals surface area contributed by atoms with Crippen LogP contribution in [0.1, 0.15) is 18.9 Å². The van der Waals surface area contributed by atoms with E-state index in [9.17, 15) is 5.11 Å². The number of hydrogen-bond acceptors (Lipinski definition) is 3. The number of benzene rings is 1. The Labute approximate surface area is 102 Å². The molecule has 90 valence electrons. The van der Waals surface area contributed by atoms with Crippen LogP contribution >= 0.6 is 11.8 Å².